The minimum absolute atomic E-state index is 0.0118. The van der Waals surface area contributed by atoms with Gasteiger partial charge in [0.15, 0.2) is 0 Å². The zero-order chi connectivity index (χ0) is 63.5. The number of allylic oxidation sites excluding steroid dienone is 5. The maximum atomic E-state index is 12.5. The summed E-state index contributed by atoms with van der Waals surface area (Å²) in [6, 6.07) is -0.627. The Balaban J connectivity index is 3.37. The average Bonchev–Trinajstić information content (AvgIpc) is 3.58. The van der Waals surface area contributed by atoms with Gasteiger partial charge in [-0.1, -0.05) is 391 Å². The van der Waals surface area contributed by atoms with E-state index in [4.69, 9.17) is 4.74 Å². The summed E-state index contributed by atoms with van der Waals surface area (Å²) in [6.07, 6.45) is 101. The van der Waals surface area contributed by atoms with E-state index in [-0.39, 0.29) is 18.5 Å². The number of aliphatic hydroxyl groups excluding tert-OH is 2. The fraction of sp³-hybridized carbons (Fsp3) is 0.902. The van der Waals surface area contributed by atoms with Crippen LogP contribution in [0.2, 0.25) is 0 Å². The fourth-order valence-electron chi connectivity index (χ4n) is 12.7. The molecule has 6 heteroatoms. The van der Waals surface area contributed by atoms with Gasteiger partial charge in [0.05, 0.1) is 25.4 Å². The number of nitrogens with one attached hydrogen (secondary N) is 1. The quantitative estimate of drug-likeness (QED) is 0.0320. The molecule has 0 aromatic rings. The molecule has 3 N–H and O–H groups in total. The predicted molar refractivity (Wildman–Crippen MR) is 389 cm³/mol. The van der Waals surface area contributed by atoms with Crippen molar-refractivity contribution in [3.8, 4) is 0 Å². The molecule has 2 atom stereocenters. The van der Waals surface area contributed by atoms with Crippen molar-refractivity contribution in [3.05, 3.63) is 36.5 Å². The van der Waals surface area contributed by atoms with E-state index in [0.717, 1.165) is 44.9 Å². The Morgan fingerprint density at radius 3 is 0.807 bits per heavy atom. The monoisotopic (exact) mass is 1240 g/mol. The largest absolute Gasteiger partial charge is 0.466 e. The van der Waals surface area contributed by atoms with Gasteiger partial charge in [0, 0.05) is 12.8 Å². The van der Waals surface area contributed by atoms with Crippen LogP contribution in [0.5, 0.6) is 0 Å². The molecule has 0 radical (unpaired) electrons. The summed E-state index contributed by atoms with van der Waals surface area (Å²) in [6.45, 7) is 4.95. The number of esters is 1. The highest BCUT2D eigenvalue weighted by molar-refractivity contribution is 5.76. The van der Waals surface area contributed by atoms with Crippen molar-refractivity contribution in [2.45, 2.75) is 463 Å². The predicted octanol–water partition coefficient (Wildman–Crippen LogP) is 26.6. The van der Waals surface area contributed by atoms with Crippen molar-refractivity contribution < 1.29 is 24.5 Å². The minimum Gasteiger partial charge on any atom is -0.466 e. The summed E-state index contributed by atoms with van der Waals surface area (Å²) in [5.74, 6) is -0.0484. The van der Waals surface area contributed by atoms with Crippen molar-refractivity contribution in [2.24, 2.45) is 0 Å². The molecule has 0 aliphatic heterocycles. The van der Waals surface area contributed by atoms with E-state index in [0.29, 0.717) is 19.4 Å². The Hall–Kier alpha value is -1.92. The van der Waals surface area contributed by atoms with Crippen LogP contribution < -0.4 is 5.32 Å². The Bertz CT molecular complexity index is 1430. The first-order valence-corrected chi connectivity index (χ1v) is 40.3. The SMILES string of the molecule is CCCCCCCCC/C=C\CCCCCCCC(=O)OCCCCCCCCCCCCCC/C=C\CCCCCCCCCCCCCCCCCCCC(=O)NC(CO)C(O)/C=C/CCCCCCCCCCCCCCCCCCCCCC. The Kier molecular flexibility index (Phi) is 75.8. The van der Waals surface area contributed by atoms with Crippen LogP contribution >= 0.6 is 0 Å². The van der Waals surface area contributed by atoms with Gasteiger partial charge in [0.25, 0.3) is 0 Å². The van der Waals surface area contributed by atoms with Crippen molar-refractivity contribution in [1.29, 1.82) is 0 Å². The van der Waals surface area contributed by atoms with E-state index >= 15 is 0 Å². The number of carbonyl (C=O) groups excluding carboxylic acids is 2. The molecule has 1 amide bonds. The number of hydrogen-bond donors (Lipinski definition) is 3. The molecule has 0 aromatic heterocycles. The van der Waals surface area contributed by atoms with Crippen LogP contribution in [0.15, 0.2) is 36.5 Å². The molecule has 0 rings (SSSR count). The molecule has 0 fully saturated rings. The van der Waals surface area contributed by atoms with Crippen LogP contribution in [-0.2, 0) is 14.3 Å². The summed E-state index contributed by atoms with van der Waals surface area (Å²) in [5.41, 5.74) is 0. The van der Waals surface area contributed by atoms with Crippen molar-refractivity contribution in [1.82, 2.24) is 5.32 Å². The molecule has 6 nitrogen and oxygen atoms in total. The first kappa shape index (κ1) is 86.1. The van der Waals surface area contributed by atoms with Crippen LogP contribution in [0.1, 0.15) is 450 Å². The summed E-state index contributed by atoms with van der Waals surface area (Å²) >= 11 is 0. The second kappa shape index (κ2) is 77.5. The lowest BCUT2D eigenvalue weighted by atomic mass is 10.0. The zero-order valence-electron chi connectivity index (χ0n) is 59.7. The molecule has 0 aliphatic rings. The van der Waals surface area contributed by atoms with Crippen molar-refractivity contribution >= 4 is 11.9 Å². The van der Waals surface area contributed by atoms with E-state index in [1.54, 1.807) is 6.08 Å². The maximum Gasteiger partial charge on any atom is 0.305 e. The minimum atomic E-state index is -0.844. The standard InChI is InChI=1S/C82H157NO5/c1-3-5-7-9-11-13-15-17-19-21-22-23-37-40-43-46-50-54-58-62-66-70-74-80(85)79(78-84)83-81(86)75-71-67-63-59-55-51-47-44-41-38-35-33-31-29-27-25-24-26-28-30-32-34-36-39-42-45-49-53-57-61-65-69-73-77-88-82(87)76-72-68-64-60-56-52-48-20-18-16-14-12-10-8-6-4-2/h20,28,30,48,70,74,79-80,84-85H,3-19,21-27,29,31-47,49-69,71-73,75-78H2,1-2H3,(H,83,86)/b30-28-,48-20-,74-70+. The molecule has 88 heavy (non-hydrogen) atoms. The molecule has 2 unspecified atom stereocenters. The van der Waals surface area contributed by atoms with E-state index in [1.165, 1.54) is 379 Å². The number of hydrogen-bond acceptors (Lipinski definition) is 5. The van der Waals surface area contributed by atoms with Gasteiger partial charge in [-0.2, -0.15) is 0 Å². The fourth-order valence-corrected chi connectivity index (χ4v) is 12.7. The van der Waals surface area contributed by atoms with Gasteiger partial charge in [-0.25, -0.2) is 0 Å². The summed E-state index contributed by atoms with van der Waals surface area (Å²) in [4.78, 5) is 24.6. The third kappa shape index (κ3) is 73.1. The smallest absolute Gasteiger partial charge is 0.305 e. The topological polar surface area (TPSA) is 95.9 Å². The molecule has 0 bridgehead atoms. The van der Waals surface area contributed by atoms with Crippen LogP contribution in [0.4, 0.5) is 0 Å². The number of ether oxygens (including phenoxy) is 1. The number of unbranched alkanes of at least 4 members (excludes halogenated alkanes) is 61. The lowest BCUT2D eigenvalue weighted by Gasteiger charge is -2.20. The van der Waals surface area contributed by atoms with Gasteiger partial charge in [-0.05, 0) is 83.5 Å². The van der Waals surface area contributed by atoms with Crippen molar-refractivity contribution in [3.63, 3.8) is 0 Å². The average molecular weight is 1240 g/mol. The van der Waals surface area contributed by atoms with Crippen molar-refractivity contribution in [2.75, 3.05) is 13.2 Å². The molecule has 0 saturated carbocycles. The van der Waals surface area contributed by atoms with Gasteiger partial charge in [-0.15, -0.1) is 0 Å². The van der Waals surface area contributed by atoms with Crippen LogP contribution in [0.3, 0.4) is 0 Å². The zero-order valence-corrected chi connectivity index (χ0v) is 59.7. The molecule has 0 aromatic carbocycles. The Morgan fingerprint density at radius 1 is 0.307 bits per heavy atom. The van der Waals surface area contributed by atoms with E-state index in [2.05, 4.69) is 43.5 Å². The summed E-state index contributed by atoms with van der Waals surface area (Å²) in [7, 11) is 0. The first-order chi connectivity index (χ1) is 43.5. The lowest BCUT2D eigenvalue weighted by Crippen LogP contribution is -2.45. The molecule has 0 spiro atoms. The highest BCUT2D eigenvalue weighted by Crippen LogP contribution is 2.20. The van der Waals surface area contributed by atoms with Gasteiger partial charge in [0.1, 0.15) is 0 Å². The number of aliphatic hydroxyl groups is 2. The van der Waals surface area contributed by atoms with Crippen LogP contribution in [-0.4, -0.2) is 47.4 Å². The first-order valence-electron chi connectivity index (χ1n) is 40.3. The molecule has 0 saturated heterocycles. The Labute approximate surface area is 551 Å². The van der Waals surface area contributed by atoms with Crippen LogP contribution in [0.25, 0.3) is 0 Å². The molecular weight excluding hydrogens is 1080 g/mol. The highest BCUT2D eigenvalue weighted by atomic mass is 16.5. The third-order valence-corrected chi connectivity index (χ3v) is 18.9. The van der Waals surface area contributed by atoms with Gasteiger partial charge in [0.2, 0.25) is 5.91 Å². The van der Waals surface area contributed by atoms with E-state index in [1.807, 2.05) is 6.08 Å². The summed E-state index contributed by atoms with van der Waals surface area (Å²) in [5, 5.41) is 23.3. The van der Waals surface area contributed by atoms with Gasteiger partial charge >= 0.3 is 5.97 Å². The second-order valence-electron chi connectivity index (χ2n) is 27.7. The van der Waals surface area contributed by atoms with Gasteiger partial charge in [-0.3, -0.25) is 9.59 Å². The van der Waals surface area contributed by atoms with Gasteiger partial charge < -0.3 is 20.3 Å². The van der Waals surface area contributed by atoms with E-state index < -0.39 is 12.1 Å². The third-order valence-electron chi connectivity index (χ3n) is 18.9. The normalized spacial score (nSPS) is 12.6. The highest BCUT2D eigenvalue weighted by Gasteiger charge is 2.18. The number of rotatable bonds is 76. The van der Waals surface area contributed by atoms with E-state index in [9.17, 15) is 19.8 Å². The summed E-state index contributed by atoms with van der Waals surface area (Å²) < 4.78 is 5.50. The Morgan fingerprint density at radius 2 is 0.534 bits per heavy atom. The lowest BCUT2D eigenvalue weighted by molar-refractivity contribution is -0.143. The van der Waals surface area contributed by atoms with Crippen LogP contribution in [0, 0.1) is 0 Å². The number of carbonyl (C=O) groups is 2. The molecule has 520 valence electrons. The maximum absolute atomic E-state index is 12.5. The molecule has 0 heterocycles. The molecular formula is C82H157NO5. The second-order valence-corrected chi connectivity index (χ2v) is 27.7. The number of amides is 1. The molecule has 0 aliphatic carbocycles.